The van der Waals surface area contributed by atoms with Crippen LogP contribution in [0.15, 0.2) is 35.5 Å². The second-order valence-electron chi connectivity index (χ2n) is 4.43. The second-order valence-corrected chi connectivity index (χ2v) is 6.79. The summed E-state index contributed by atoms with van der Waals surface area (Å²) < 4.78 is 27.4. The van der Waals surface area contributed by atoms with E-state index in [1.807, 2.05) is 6.07 Å². The third-order valence-corrected chi connectivity index (χ3v) is 5.16. The number of anilines is 1. The second kappa shape index (κ2) is 5.43. The normalized spacial score (nSPS) is 12.0. The van der Waals surface area contributed by atoms with E-state index in [0.717, 1.165) is 5.56 Å². The summed E-state index contributed by atoms with van der Waals surface area (Å²) in [6.45, 7) is 0.203. The van der Waals surface area contributed by atoms with Crippen molar-refractivity contribution in [1.29, 1.82) is 0 Å². The van der Waals surface area contributed by atoms with Gasteiger partial charge in [-0.1, -0.05) is 23.7 Å². The summed E-state index contributed by atoms with van der Waals surface area (Å²) in [5, 5.41) is 3.93. The van der Waals surface area contributed by atoms with E-state index in [4.69, 9.17) is 17.3 Å². The highest BCUT2D eigenvalue weighted by Crippen LogP contribution is 2.24. The lowest BCUT2D eigenvalue weighted by Gasteiger charge is -2.17. The molecule has 0 aliphatic rings. The van der Waals surface area contributed by atoms with Crippen molar-refractivity contribution >= 4 is 27.3 Å². The van der Waals surface area contributed by atoms with Gasteiger partial charge in [0, 0.05) is 26.3 Å². The number of nitrogen functional groups attached to an aromatic ring is 1. The first-order valence-electron chi connectivity index (χ1n) is 5.80. The molecule has 2 aromatic rings. The van der Waals surface area contributed by atoms with Crippen LogP contribution in [0, 0.1) is 0 Å². The minimum absolute atomic E-state index is 0.0226. The topological polar surface area (TPSA) is 81.2 Å². The summed E-state index contributed by atoms with van der Waals surface area (Å²) >= 11 is 5.89. The summed E-state index contributed by atoms with van der Waals surface area (Å²) in [6.07, 6.45) is 1.31. The molecule has 1 aromatic carbocycles. The molecule has 2 N–H and O–H groups in total. The Kier molecular flexibility index (Phi) is 4.03. The van der Waals surface area contributed by atoms with Crippen molar-refractivity contribution < 1.29 is 8.42 Å². The zero-order valence-corrected chi connectivity index (χ0v) is 12.7. The van der Waals surface area contributed by atoms with Gasteiger partial charge >= 0.3 is 0 Å². The summed E-state index contributed by atoms with van der Waals surface area (Å²) in [7, 11) is -0.684. The van der Waals surface area contributed by atoms with E-state index in [0.29, 0.717) is 5.69 Å². The average molecular weight is 315 g/mol. The van der Waals surface area contributed by atoms with Crippen LogP contribution < -0.4 is 5.73 Å². The lowest BCUT2D eigenvalue weighted by atomic mass is 10.2. The molecule has 0 saturated carbocycles. The Hall–Kier alpha value is -1.57. The van der Waals surface area contributed by atoms with Gasteiger partial charge < -0.3 is 5.73 Å². The van der Waals surface area contributed by atoms with Gasteiger partial charge in [0.2, 0.25) is 0 Å². The third-order valence-electron chi connectivity index (χ3n) is 2.85. The van der Waals surface area contributed by atoms with Crippen LogP contribution in [-0.2, 0) is 23.6 Å². The fourth-order valence-corrected chi connectivity index (χ4v) is 3.62. The molecule has 0 amide bonds. The zero-order valence-electron chi connectivity index (χ0n) is 11.1. The van der Waals surface area contributed by atoms with E-state index in [2.05, 4.69) is 5.10 Å². The van der Waals surface area contributed by atoms with Crippen molar-refractivity contribution in [2.24, 2.45) is 7.05 Å². The van der Waals surface area contributed by atoms with Crippen molar-refractivity contribution in [1.82, 2.24) is 14.1 Å². The highest BCUT2D eigenvalue weighted by molar-refractivity contribution is 7.89. The molecule has 20 heavy (non-hydrogen) atoms. The summed E-state index contributed by atoms with van der Waals surface area (Å²) in [6, 6.07) is 7.07. The van der Waals surface area contributed by atoms with Gasteiger partial charge in [-0.2, -0.15) is 9.40 Å². The SMILES string of the molecule is CN(Cc1cccc(N)c1)S(=O)(=O)c1c(Cl)cnn1C. The molecule has 2 rings (SSSR count). The number of aryl methyl sites for hydroxylation is 1. The molecule has 0 unspecified atom stereocenters. The Morgan fingerprint density at radius 1 is 1.45 bits per heavy atom. The molecule has 6 nitrogen and oxygen atoms in total. The van der Waals surface area contributed by atoms with Gasteiger partial charge in [-0.3, -0.25) is 4.68 Å². The molecule has 0 atom stereocenters. The molecular weight excluding hydrogens is 300 g/mol. The van der Waals surface area contributed by atoms with Gasteiger partial charge in [0.05, 0.1) is 11.2 Å². The molecule has 0 spiro atoms. The Labute approximate surface area is 122 Å². The van der Waals surface area contributed by atoms with Crippen LogP contribution in [0.5, 0.6) is 0 Å². The lowest BCUT2D eigenvalue weighted by molar-refractivity contribution is 0.457. The molecule has 0 bridgehead atoms. The van der Waals surface area contributed by atoms with E-state index in [-0.39, 0.29) is 16.6 Å². The van der Waals surface area contributed by atoms with Gasteiger partial charge in [0.25, 0.3) is 10.0 Å². The Morgan fingerprint density at radius 3 is 2.70 bits per heavy atom. The van der Waals surface area contributed by atoms with Crippen LogP contribution in [0.4, 0.5) is 5.69 Å². The van der Waals surface area contributed by atoms with Crippen LogP contribution in [0.3, 0.4) is 0 Å². The number of nitrogens with zero attached hydrogens (tertiary/aromatic N) is 3. The van der Waals surface area contributed by atoms with Crippen LogP contribution in [0.25, 0.3) is 0 Å². The van der Waals surface area contributed by atoms with Gasteiger partial charge in [-0.25, -0.2) is 8.42 Å². The number of sulfonamides is 1. The highest BCUT2D eigenvalue weighted by atomic mass is 35.5. The number of hydrogen-bond donors (Lipinski definition) is 1. The lowest BCUT2D eigenvalue weighted by Crippen LogP contribution is -2.28. The van der Waals surface area contributed by atoms with Gasteiger partial charge in [-0.15, -0.1) is 0 Å². The molecular formula is C12H15ClN4O2S. The number of halogens is 1. The van der Waals surface area contributed by atoms with Gasteiger partial charge in [-0.05, 0) is 17.7 Å². The number of rotatable bonds is 4. The number of aromatic nitrogens is 2. The van der Waals surface area contributed by atoms with Crippen LogP contribution in [0.1, 0.15) is 5.56 Å². The first-order chi connectivity index (χ1) is 9.32. The number of hydrogen-bond acceptors (Lipinski definition) is 4. The standard InChI is InChI=1S/C12H15ClN4O2S/c1-16(8-9-4-3-5-10(14)6-9)20(18,19)12-11(13)7-15-17(12)2/h3-7H,8,14H2,1-2H3. The maximum atomic E-state index is 12.5. The molecule has 8 heteroatoms. The first-order valence-corrected chi connectivity index (χ1v) is 7.62. The van der Waals surface area contributed by atoms with Crippen LogP contribution >= 0.6 is 11.6 Å². The maximum Gasteiger partial charge on any atom is 0.261 e. The number of benzene rings is 1. The minimum atomic E-state index is -3.71. The van der Waals surface area contributed by atoms with E-state index >= 15 is 0 Å². The maximum absolute atomic E-state index is 12.5. The van der Waals surface area contributed by atoms with E-state index in [1.165, 1.54) is 29.3 Å². The predicted octanol–water partition coefficient (Wildman–Crippen LogP) is 1.48. The van der Waals surface area contributed by atoms with Crippen molar-refractivity contribution in [3.8, 4) is 0 Å². The third kappa shape index (κ3) is 2.79. The summed E-state index contributed by atoms with van der Waals surface area (Å²) in [5.41, 5.74) is 7.07. The van der Waals surface area contributed by atoms with E-state index < -0.39 is 10.0 Å². The van der Waals surface area contributed by atoms with Crippen molar-refractivity contribution in [3.63, 3.8) is 0 Å². The molecule has 0 aliphatic carbocycles. The zero-order chi connectivity index (χ0) is 14.9. The summed E-state index contributed by atoms with van der Waals surface area (Å²) in [4.78, 5) is 0. The van der Waals surface area contributed by atoms with Gasteiger partial charge in [0.1, 0.15) is 0 Å². The Morgan fingerprint density at radius 2 is 2.15 bits per heavy atom. The molecule has 0 radical (unpaired) electrons. The average Bonchev–Trinajstić information content (AvgIpc) is 2.69. The predicted molar refractivity (Wildman–Crippen MR) is 77.7 cm³/mol. The van der Waals surface area contributed by atoms with Crippen LogP contribution in [-0.4, -0.2) is 29.6 Å². The van der Waals surface area contributed by atoms with Gasteiger partial charge in [0.15, 0.2) is 5.03 Å². The molecule has 1 heterocycles. The van der Waals surface area contributed by atoms with E-state index in [9.17, 15) is 8.42 Å². The van der Waals surface area contributed by atoms with Crippen molar-refractivity contribution in [2.75, 3.05) is 12.8 Å². The smallest absolute Gasteiger partial charge is 0.261 e. The monoisotopic (exact) mass is 314 g/mol. The van der Waals surface area contributed by atoms with E-state index in [1.54, 1.807) is 18.2 Å². The summed E-state index contributed by atoms with van der Waals surface area (Å²) in [5.74, 6) is 0. The molecule has 0 aliphatic heterocycles. The molecule has 108 valence electrons. The van der Waals surface area contributed by atoms with Crippen LogP contribution in [0.2, 0.25) is 5.02 Å². The van der Waals surface area contributed by atoms with Crippen molar-refractivity contribution in [2.45, 2.75) is 11.6 Å². The number of nitrogens with two attached hydrogens (primary N) is 1. The molecule has 0 fully saturated rings. The Balaban J connectivity index is 2.31. The van der Waals surface area contributed by atoms with Crippen molar-refractivity contribution in [3.05, 3.63) is 41.0 Å². The Bertz CT molecular complexity index is 707. The molecule has 1 aromatic heterocycles. The quantitative estimate of drug-likeness (QED) is 0.867. The fourth-order valence-electron chi connectivity index (χ4n) is 1.87. The highest BCUT2D eigenvalue weighted by Gasteiger charge is 2.27. The first kappa shape index (κ1) is 14.8. The minimum Gasteiger partial charge on any atom is -0.399 e. The fraction of sp³-hybridized carbons (Fsp3) is 0.250. The largest absolute Gasteiger partial charge is 0.399 e. The molecule has 0 saturated heterocycles.